The second-order valence-electron chi connectivity index (χ2n) is 14.6. The number of unbranched alkanes of at least 4 members (excludes halogenated alkanes) is 12. The fourth-order valence-electron chi connectivity index (χ4n) is 7.60. The van der Waals surface area contributed by atoms with Crippen molar-refractivity contribution < 1.29 is 25.2 Å². The Kier molecular flexibility index (Phi) is 18.8. The molecule has 4 rings (SSSR count). The molecule has 0 spiro atoms. The Morgan fingerprint density at radius 2 is 1.19 bits per heavy atom. The summed E-state index contributed by atoms with van der Waals surface area (Å²) in [4.78, 5) is 44.2. The van der Waals surface area contributed by atoms with E-state index in [0.29, 0.717) is 25.0 Å². The van der Waals surface area contributed by atoms with Crippen molar-refractivity contribution in [1.29, 1.82) is 10.5 Å². The molecule has 0 bridgehead atoms. The van der Waals surface area contributed by atoms with Crippen LogP contribution in [-0.4, -0.2) is 70.7 Å². The lowest BCUT2D eigenvalue weighted by Crippen LogP contribution is -2.31. The second kappa shape index (κ2) is 23.0. The van der Waals surface area contributed by atoms with E-state index in [0.717, 1.165) is 12.8 Å². The fraction of sp³-hybridized carbons (Fsp3) is 0.718. The first-order valence-electron chi connectivity index (χ1n) is 19.4. The van der Waals surface area contributed by atoms with Crippen LogP contribution in [-0.2, 0) is 11.2 Å². The number of ketones is 1. The molecule has 53 heavy (non-hydrogen) atoms. The van der Waals surface area contributed by atoms with Crippen LogP contribution in [0.15, 0.2) is 34.1 Å². The molecular weight excluding hydrogens is 678 g/mol. The van der Waals surface area contributed by atoms with Gasteiger partial charge in [0.2, 0.25) is 0 Å². The van der Waals surface area contributed by atoms with E-state index in [9.17, 15) is 35.0 Å². The number of anilines is 1. The first-order chi connectivity index (χ1) is 25.6. The van der Waals surface area contributed by atoms with E-state index in [1.165, 1.54) is 92.0 Å². The first-order valence-corrected chi connectivity index (χ1v) is 19.4. The summed E-state index contributed by atoms with van der Waals surface area (Å²) < 4.78 is 2.65. The molecule has 2 fully saturated rings. The van der Waals surface area contributed by atoms with Crippen molar-refractivity contribution in [3.05, 3.63) is 51.2 Å². The fourth-order valence-corrected chi connectivity index (χ4v) is 7.60. The smallest absolute Gasteiger partial charge is 0.349 e. The Morgan fingerprint density at radius 3 is 1.60 bits per heavy atom. The van der Waals surface area contributed by atoms with Gasteiger partial charge in [0, 0.05) is 50.3 Å². The molecule has 292 valence electrons. The van der Waals surface area contributed by atoms with E-state index in [1.807, 2.05) is 6.07 Å². The number of rotatable bonds is 20. The summed E-state index contributed by atoms with van der Waals surface area (Å²) in [6, 6.07) is 6.15. The van der Waals surface area contributed by atoms with Crippen LogP contribution in [0, 0.1) is 46.3 Å². The molecule has 0 radical (unpaired) electrons. The molecule has 14 nitrogen and oxygen atoms in total. The monoisotopic (exact) mass is 737 g/mol. The van der Waals surface area contributed by atoms with Crippen molar-refractivity contribution in [1.82, 2.24) is 19.1 Å². The van der Waals surface area contributed by atoms with Crippen LogP contribution in [0.4, 0.5) is 5.82 Å². The summed E-state index contributed by atoms with van der Waals surface area (Å²) in [5.74, 6) is -2.13. The summed E-state index contributed by atoms with van der Waals surface area (Å²) >= 11 is 0. The summed E-state index contributed by atoms with van der Waals surface area (Å²) in [7, 11) is 0. The molecule has 2 heterocycles. The Labute approximate surface area is 312 Å². The number of carbonyl (C=O) groups excluding carboxylic acids is 1. The van der Waals surface area contributed by atoms with E-state index in [2.05, 4.69) is 23.0 Å². The van der Waals surface area contributed by atoms with E-state index < -0.39 is 59.3 Å². The van der Waals surface area contributed by atoms with Gasteiger partial charge in [0.05, 0.1) is 54.0 Å². The van der Waals surface area contributed by atoms with Crippen LogP contribution in [0.2, 0.25) is 0 Å². The minimum Gasteiger partial charge on any atom is -0.396 e. The molecule has 0 amide bonds. The number of carbonyl (C=O) groups is 1. The maximum absolute atomic E-state index is 12.5. The maximum atomic E-state index is 12.5. The summed E-state index contributed by atoms with van der Waals surface area (Å²) in [5.41, 5.74) is 4.77. The summed E-state index contributed by atoms with van der Waals surface area (Å²) in [5, 5.41) is 57.1. The molecule has 2 saturated carbocycles. The lowest BCUT2D eigenvalue weighted by Gasteiger charge is -2.17. The van der Waals surface area contributed by atoms with Gasteiger partial charge in [0.15, 0.2) is 0 Å². The molecule has 2 aliphatic carbocycles. The quantitative estimate of drug-likeness (QED) is 0.122. The van der Waals surface area contributed by atoms with Crippen LogP contribution in [0.25, 0.3) is 0 Å². The minimum atomic E-state index is -0.969. The Hall–Kier alpha value is -3.95. The lowest BCUT2D eigenvalue weighted by molar-refractivity contribution is -0.118. The summed E-state index contributed by atoms with van der Waals surface area (Å²) in [6.07, 6.45) is 18.9. The molecule has 0 aliphatic heterocycles. The van der Waals surface area contributed by atoms with Crippen LogP contribution < -0.4 is 17.1 Å². The number of aromatic nitrogens is 4. The van der Waals surface area contributed by atoms with E-state index in [-0.39, 0.29) is 31.2 Å². The Balaban J connectivity index is 0.000000350. The standard InChI is InChI=1S/C28H45N3O4.C11H14N4O3/c1-2-3-4-5-6-7-8-9-10-11-12-13-14-15-24(33)19-23-16-17-31(28(35)30-23)26-18-22(21-32)27(34)25(26)20-29;12-4-7-8(3-6(5-16)10(7)17)15-2-1-9(13)14-11(15)18/h16-17,22,25-27,32,34H,2-15,18-19,21H2,1H3;1-2,6-8,10,16-17H,3,5H2,(H2,13,14,18)/t22-,25-,26?,27-;6-,7-,8?,10-/m11/s1. The number of aliphatic hydroxyl groups excluding tert-OH is 4. The number of nitrogen functional groups attached to an aromatic ring is 1. The largest absolute Gasteiger partial charge is 0.396 e. The van der Waals surface area contributed by atoms with Crippen molar-refractivity contribution in [2.24, 2.45) is 23.7 Å². The number of nitrogens with two attached hydrogens (primary N) is 1. The van der Waals surface area contributed by atoms with Gasteiger partial charge >= 0.3 is 11.4 Å². The van der Waals surface area contributed by atoms with Crippen LogP contribution in [0.3, 0.4) is 0 Å². The van der Waals surface area contributed by atoms with Crippen LogP contribution in [0.5, 0.6) is 0 Å². The van der Waals surface area contributed by atoms with Gasteiger partial charge in [-0.05, 0) is 31.4 Å². The van der Waals surface area contributed by atoms with Crippen LogP contribution >= 0.6 is 0 Å². The first kappa shape index (κ1) is 43.5. The highest BCUT2D eigenvalue weighted by Crippen LogP contribution is 2.40. The molecule has 0 saturated heterocycles. The average Bonchev–Trinajstić information content (AvgIpc) is 3.64. The maximum Gasteiger partial charge on any atom is 0.349 e. The van der Waals surface area contributed by atoms with Gasteiger partial charge in [0.1, 0.15) is 11.6 Å². The van der Waals surface area contributed by atoms with Crippen molar-refractivity contribution in [2.45, 2.75) is 140 Å². The molecule has 6 N–H and O–H groups in total. The third-order valence-electron chi connectivity index (χ3n) is 10.8. The number of hydrogen-bond donors (Lipinski definition) is 5. The van der Waals surface area contributed by atoms with Crippen LogP contribution in [0.1, 0.15) is 127 Å². The van der Waals surface area contributed by atoms with Gasteiger partial charge < -0.3 is 26.2 Å². The molecule has 0 aromatic carbocycles. The van der Waals surface area contributed by atoms with Gasteiger partial charge in [-0.25, -0.2) is 9.59 Å². The molecule has 2 aliphatic rings. The van der Waals surface area contributed by atoms with Gasteiger partial charge in [0.25, 0.3) is 0 Å². The highest BCUT2D eigenvalue weighted by Gasteiger charge is 2.44. The normalized spacial score (nSPS) is 25.0. The predicted molar refractivity (Wildman–Crippen MR) is 199 cm³/mol. The van der Waals surface area contributed by atoms with Gasteiger partial charge in [-0.2, -0.15) is 20.5 Å². The number of aliphatic hydroxyl groups is 4. The molecule has 14 heteroatoms. The molecule has 8 atom stereocenters. The van der Waals surface area contributed by atoms with Gasteiger partial charge in [-0.3, -0.25) is 13.9 Å². The van der Waals surface area contributed by atoms with Gasteiger partial charge in [-0.15, -0.1) is 0 Å². The van der Waals surface area contributed by atoms with E-state index >= 15 is 0 Å². The molecule has 2 aromatic rings. The number of nitrogens with zero attached hydrogens (tertiary/aromatic N) is 6. The average molecular weight is 738 g/mol. The summed E-state index contributed by atoms with van der Waals surface area (Å²) in [6.45, 7) is 1.80. The zero-order chi connectivity index (χ0) is 38.8. The molecule has 2 aromatic heterocycles. The molecule has 2 unspecified atom stereocenters. The lowest BCUT2D eigenvalue weighted by atomic mass is 10.0. The topological polar surface area (TPSA) is 241 Å². The zero-order valence-electron chi connectivity index (χ0n) is 31.1. The number of hydrogen-bond acceptors (Lipinski definition) is 12. The zero-order valence-corrected chi connectivity index (χ0v) is 31.1. The van der Waals surface area contributed by atoms with Crippen molar-refractivity contribution in [3.8, 4) is 12.1 Å². The van der Waals surface area contributed by atoms with E-state index in [4.69, 9.17) is 16.1 Å². The highest BCUT2D eigenvalue weighted by molar-refractivity contribution is 5.80. The predicted octanol–water partition coefficient (Wildman–Crippen LogP) is 3.77. The third-order valence-corrected chi connectivity index (χ3v) is 10.8. The number of Topliss-reactive ketones (excluding diaryl/α,β-unsaturated/α-hetero) is 1. The van der Waals surface area contributed by atoms with Gasteiger partial charge in [-0.1, -0.05) is 84.0 Å². The SMILES string of the molecule is CCCCCCCCCCCCCCCC(=O)Cc1ccn(C2C[C@H](CO)[C@@H](O)[C@@H]2C#N)c(=O)n1.N#C[C@@H]1C(n2ccc(N)nc2=O)C[C@H](CO)[C@H]1O. The Bertz CT molecular complexity index is 1620. The molecular formula is C39H59N7O7. The number of nitriles is 2. The third kappa shape index (κ3) is 12.8. The van der Waals surface area contributed by atoms with E-state index in [1.54, 1.807) is 12.3 Å². The van der Waals surface area contributed by atoms with Crippen molar-refractivity contribution in [2.75, 3.05) is 18.9 Å². The second-order valence-corrected chi connectivity index (χ2v) is 14.6. The van der Waals surface area contributed by atoms with Crippen molar-refractivity contribution >= 4 is 11.6 Å². The highest BCUT2D eigenvalue weighted by atomic mass is 16.3. The Morgan fingerprint density at radius 1 is 0.755 bits per heavy atom. The minimum absolute atomic E-state index is 0.0873. The van der Waals surface area contributed by atoms with Crippen molar-refractivity contribution in [3.63, 3.8) is 0 Å².